The summed E-state index contributed by atoms with van der Waals surface area (Å²) in [7, 11) is 0. The molecule has 4 rings (SSSR count). The summed E-state index contributed by atoms with van der Waals surface area (Å²) in [4.78, 5) is 9.39. The van der Waals surface area contributed by atoms with E-state index in [4.69, 9.17) is 10.7 Å². The number of nitrogen functional groups attached to an aromatic ring is 1. The normalized spacial score (nSPS) is 15.9. The van der Waals surface area contributed by atoms with Crippen LogP contribution in [0.25, 0.3) is 16.8 Å². The van der Waals surface area contributed by atoms with Crippen molar-refractivity contribution in [3.8, 4) is 11.1 Å². The molecule has 0 aromatic carbocycles. The number of hydrogen-bond acceptors (Lipinski definition) is 5. The second kappa shape index (κ2) is 6.43. The van der Waals surface area contributed by atoms with Gasteiger partial charge in [0.2, 0.25) is 0 Å². The number of aromatic nitrogens is 4. The third-order valence-corrected chi connectivity index (χ3v) is 5.46. The summed E-state index contributed by atoms with van der Waals surface area (Å²) in [6.07, 6.45) is 12.0. The van der Waals surface area contributed by atoms with E-state index < -0.39 is 0 Å². The Morgan fingerprint density at radius 1 is 1.17 bits per heavy atom. The van der Waals surface area contributed by atoms with E-state index in [0.717, 1.165) is 27.5 Å². The van der Waals surface area contributed by atoms with Crippen molar-refractivity contribution < 1.29 is 0 Å². The van der Waals surface area contributed by atoms with Crippen molar-refractivity contribution >= 4 is 23.2 Å². The van der Waals surface area contributed by atoms with Crippen LogP contribution >= 0.6 is 11.8 Å². The lowest BCUT2D eigenvalue weighted by Gasteiger charge is -2.21. The summed E-state index contributed by atoms with van der Waals surface area (Å²) < 4.78 is 1.73. The van der Waals surface area contributed by atoms with E-state index in [1.165, 1.54) is 32.1 Å². The molecule has 5 nitrogen and oxygen atoms in total. The largest absolute Gasteiger partial charge is 0.384 e. The van der Waals surface area contributed by atoms with Crippen LogP contribution in [0.15, 0.2) is 35.6 Å². The van der Waals surface area contributed by atoms with E-state index in [9.17, 15) is 0 Å². The Kier molecular flexibility index (Phi) is 4.14. The molecule has 124 valence electrons. The van der Waals surface area contributed by atoms with Crippen molar-refractivity contribution in [3.63, 3.8) is 0 Å². The van der Waals surface area contributed by atoms with Gasteiger partial charge in [0.25, 0.3) is 0 Å². The summed E-state index contributed by atoms with van der Waals surface area (Å²) in [5, 5.41) is 5.42. The Bertz CT molecular complexity index is 850. The molecule has 1 aliphatic rings. The molecule has 1 fully saturated rings. The van der Waals surface area contributed by atoms with Crippen LogP contribution in [0.1, 0.15) is 43.7 Å². The van der Waals surface area contributed by atoms with Crippen LogP contribution in [0.4, 0.5) is 5.82 Å². The van der Waals surface area contributed by atoms with Crippen molar-refractivity contribution in [3.05, 3.63) is 36.3 Å². The Labute approximate surface area is 145 Å². The van der Waals surface area contributed by atoms with Gasteiger partial charge in [0, 0.05) is 35.0 Å². The molecule has 0 radical (unpaired) electrons. The molecule has 6 heteroatoms. The van der Waals surface area contributed by atoms with E-state index in [1.54, 1.807) is 16.3 Å². The van der Waals surface area contributed by atoms with Crippen LogP contribution in [-0.4, -0.2) is 25.8 Å². The predicted octanol–water partition coefficient (Wildman–Crippen LogP) is 4.14. The number of rotatable bonds is 3. The van der Waals surface area contributed by atoms with Gasteiger partial charge in [-0.15, -0.1) is 11.8 Å². The number of fused-ring (bicyclic) bond motifs is 1. The lowest BCUT2D eigenvalue weighted by molar-refractivity contribution is 0.437. The second-order valence-corrected chi connectivity index (χ2v) is 7.15. The van der Waals surface area contributed by atoms with E-state index in [2.05, 4.69) is 16.1 Å². The van der Waals surface area contributed by atoms with Crippen molar-refractivity contribution in [2.75, 3.05) is 12.0 Å². The molecular formula is C18H21N5S. The highest BCUT2D eigenvalue weighted by Gasteiger charge is 2.20. The van der Waals surface area contributed by atoms with Gasteiger partial charge in [0.1, 0.15) is 5.82 Å². The van der Waals surface area contributed by atoms with Crippen LogP contribution in [0.2, 0.25) is 0 Å². The SMILES string of the molecule is CSc1ccc(-c2cnn3c(N)cc(C4CCCCC4)nc23)cn1. The van der Waals surface area contributed by atoms with Gasteiger partial charge in [-0.2, -0.15) is 9.61 Å². The zero-order valence-electron chi connectivity index (χ0n) is 13.8. The number of thioether (sulfide) groups is 1. The smallest absolute Gasteiger partial charge is 0.165 e. The molecular weight excluding hydrogens is 318 g/mol. The molecule has 1 saturated carbocycles. The van der Waals surface area contributed by atoms with Crippen LogP contribution in [-0.2, 0) is 0 Å². The summed E-state index contributed by atoms with van der Waals surface area (Å²) in [6.45, 7) is 0. The van der Waals surface area contributed by atoms with Crippen LogP contribution < -0.4 is 5.73 Å². The highest BCUT2D eigenvalue weighted by atomic mass is 32.2. The van der Waals surface area contributed by atoms with Gasteiger partial charge in [-0.3, -0.25) is 0 Å². The Hall–Kier alpha value is -2.08. The molecule has 24 heavy (non-hydrogen) atoms. The van der Waals surface area contributed by atoms with Gasteiger partial charge < -0.3 is 5.73 Å². The first-order chi connectivity index (χ1) is 11.8. The molecule has 1 aliphatic carbocycles. The molecule has 0 spiro atoms. The first kappa shape index (κ1) is 15.4. The molecule has 0 aliphatic heterocycles. The van der Waals surface area contributed by atoms with E-state index in [0.29, 0.717) is 11.7 Å². The number of nitrogens with two attached hydrogens (primary N) is 1. The number of hydrogen-bond donors (Lipinski definition) is 1. The first-order valence-electron chi connectivity index (χ1n) is 8.41. The molecule has 2 N–H and O–H groups in total. The minimum absolute atomic E-state index is 0.519. The highest BCUT2D eigenvalue weighted by molar-refractivity contribution is 7.98. The quantitative estimate of drug-likeness (QED) is 0.726. The second-order valence-electron chi connectivity index (χ2n) is 6.32. The van der Waals surface area contributed by atoms with Crippen molar-refractivity contribution in [2.24, 2.45) is 0 Å². The lowest BCUT2D eigenvalue weighted by atomic mass is 9.87. The number of pyridine rings is 1. The fourth-order valence-electron chi connectivity index (χ4n) is 3.48. The van der Waals surface area contributed by atoms with Crippen LogP contribution in [0, 0.1) is 0 Å². The molecule has 0 amide bonds. The average Bonchev–Trinajstić information content (AvgIpc) is 3.07. The van der Waals surface area contributed by atoms with Gasteiger partial charge >= 0.3 is 0 Å². The summed E-state index contributed by atoms with van der Waals surface area (Å²) >= 11 is 1.63. The molecule has 0 unspecified atom stereocenters. The Morgan fingerprint density at radius 2 is 2.00 bits per heavy atom. The van der Waals surface area contributed by atoms with Gasteiger partial charge in [-0.25, -0.2) is 9.97 Å². The maximum Gasteiger partial charge on any atom is 0.165 e. The molecule has 0 saturated heterocycles. The summed E-state index contributed by atoms with van der Waals surface area (Å²) in [5.41, 5.74) is 10.2. The Morgan fingerprint density at radius 3 is 2.71 bits per heavy atom. The van der Waals surface area contributed by atoms with Crippen molar-refractivity contribution in [2.45, 2.75) is 43.0 Å². The fraction of sp³-hybridized carbons (Fsp3) is 0.389. The third-order valence-electron chi connectivity index (χ3n) is 4.80. The molecule has 3 aromatic heterocycles. The van der Waals surface area contributed by atoms with Gasteiger partial charge in [0.15, 0.2) is 5.65 Å². The first-order valence-corrected chi connectivity index (χ1v) is 9.63. The number of anilines is 1. The summed E-state index contributed by atoms with van der Waals surface area (Å²) in [6, 6.07) is 6.09. The van der Waals surface area contributed by atoms with E-state index >= 15 is 0 Å². The van der Waals surface area contributed by atoms with E-state index in [-0.39, 0.29) is 0 Å². The van der Waals surface area contributed by atoms with Gasteiger partial charge in [-0.1, -0.05) is 19.3 Å². The maximum absolute atomic E-state index is 6.24. The maximum atomic E-state index is 6.24. The highest BCUT2D eigenvalue weighted by Crippen LogP contribution is 2.34. The zero-order valence-corrected chi connectivity index (χ0v) is 14.6. The molecule has 3 heterocycles. The van der Waals surface area contributed by atoms with Crippen molar-refractivity contribution in [1.29, 1.82) is 0 Å². The monoisotopic (exact) mass is 339 g/mol. The van der Waals surface area contributed by atoms with E-state index in [1.807, 2.05) is 30.8 Å². The fourth-order valence-corrected chi connectivity index (χ4v) is 3.84. The van der Waals surface area contributed by atoms with Gasteiger partial charge in [0.05, 0.1) is 11.2 Å². The molecule has 0 bridgehead atoms. The summed E-state index contributed by atoms with van der Waals surface area (Å²) in [5.74, 6) is 1.17. The minimum Gasteiger partial charge on any atom is -0.384 e. The van der Waals surface area contributed by atoms with Crippen LogP contribution in [0.5, 0.6) is 0 Å². The van der Waals surface area contributed by atoms with Crippen molar-refractivity contribution in [1.82, 2.24) is 19.6 Å². The average molecular weight is 339 g/mol. The predicted molar refractivity (Wildman–Crippen MR) is 98.2 cm³/mol. The molecule has 3 aromatic rings. The Balaban J connectivity index is 1.79. The topological polar surface area (TPSA) is 69.1 Å². The third kappa shape index (κ3) is 2.75. The van der Waals surface area contributed by atoms with Gasteiger partial charge in [-0.05, 0) is 31.2 Å². The molecule has 0 atom stereocenters. The number of nitrogens with zero attached hydrogens (tertiary/aromatic N) is 4. The van der Waals surface area contributed by atoms with Crippen LogP contribution in [0.3, 0.4) is 0 Å². The zero-order chi connectivity index (χ0) is 16.5. The standard InChI is InChI=1S/C18H21N5S/c1-24-17-8-7-13(10-20-17)14-11-21-23-16(19)9-15(22-18(14)23)12-5-3-2-4-6-12/h7-12H,2-6,19H2,1H3. The lowest BCUT2D eigenvalue weighted by Crippen LogP contribution is -2.10. The minimum atomic E-state index is 0.519.